The van der Waals surface area contributed by atoms with E-state index >= 15 is 0 Å². The smallest absolute Gasteiger partial charge is 0.339 e. The molecule has 2 rings (SSSR count). The number of carboxylic acids is 1. The lowest BCUT2D eigenvalue weighted by Gasteiger charge is -2.08. The molecule has 0 spiro atoms. The Bertz CT molecular complexity index is 665. The summed E-state index contributed by atoms with van der Waals surface area (Å²) < 4.78 is 9.93. The second kappa shape index (κ2) is 5.66. The van der Waals surface area contributed by atoms with Crippen LogP contribution in [0.1, 0.15) is 20.9 Å². The summed E-state index contributed by atoms with van der Waals surface area (Å²) in [5.41, 5.74) is 0.385. The fourth-order valence-electron chi connectivity index (χ4n) is 1.57. The topological polar surface area (TPSA) is 88.8 Å². The van der Waals surface area contributed by atoms with Crippen LogP contribution in [0.15, 0.2) is 34.7 Å². The molecule has 0 aliphatic heterocycles. The summed E-state index contributed by atoms with van der Waals surface area (Å²) >= 11 is 5.58. The molecule has 0 bridgehead atoms. The highest BCUT2D eigenvalue weighted by atomic mass is 35.5. The highest BCUT2D eigenvalue weighted by molar-refractivity contribution is 6.29. The molecule has 104 valence electrons. The van der Waals surface area contributed by atoms with Gasteiger partial charge in [-0.2, -0.15) is 0 Å². The molecule has 0 atom stereocenters. The first kappa shape index (κ1) is 14.0. The minimum atomic E-state index is -1.11. The van der Waals surface area contributed by atoms with Crippen molar-refractivity contribution in [1.82, 2.24) is 0 Å². The molecule has 1 aromatic heterocycles. The van der Waals surface area contributed by atoms with Crippen LogP contribution in [-0.4, -0.2) is 24.1 Å². The number of furan rings is 1. The Hall–Kier alpha value is -2.47. The first-order valence-corrected chi connectivity index (χ1v) is 5.87. The molecule has 1 heterocycles. The standard InChI is InChI=1S/C13H10ClNO5/c1-19-10-6-7(2-3-8(10)13(17)18)15-12(16)9-4-5-11(14)20-9/h2-6H,1H3,(H,15,16)(H,17,18). The molecule has 1 amide bonds. The maximum Gasteiger partial charge on any atom is 0.339 e. The lowest BCUT2D eigenvalue weighted by atomic mass is 10.2. The van der Waals surface area contributed by atoms with Crippen LogP contribution in [0, 0.1) is 0 Å². The summed E-state index contributed by atoms with van der Waals surface area (Å²) in [6.07, 6.45) is 0. The predicted octanol–water partition coefficient (Wildman–Crippen LogP) is 2.89. The van der Waals surface area contributed by atoms with Crippen molar-refractivity contribution >= 4 is 29.2 Å². The minimum Gasteiger partial charge on any atom is -0.496 e. The van der Waals surface area contributed by atoms with E-state index in [1.54, 1.807) is 0 Å². The van der Waals surface area contributed by atoms with Gasteiger partial charge in [-0.05, 0) is 35.9 Å². The average molecular weight is 296 g/mol. The van der Waals surface area contributed by atoms with Crippen LogP contribution < -0.4 is 10.1 Å². The van der Waals surface area contributed by atoms with Crippen LogP contribution in [-0.2, 0) is 0 Å². The number of aromatic carboxylic acids is 1. The van der Waals surface area contributed by atoms with Crippen molar-refractivity contribution in [2.75, 3.05) is 12.4 Å². The van der Waals surface area contributed by atoms with Gasteiger partial charge >= 0.3 is 5.97 Å². The fraction of sp³-hybridized carbons (Fsp3) is 0.0769. The Morgan fingerprint density at radius 3 is 2.60 bits per heavy atom. The quantitative estimate of drug-likeness (QED) is 0.905. The van der Waals surface area contributed by atoms with Crippen LogP contribution >= 0.6 is 11.6 Å². The summed E-state index contributed by atoms with van der Waals surface area (Å²) in [6.45, 7) is 0. The van der Waals surface area contributed by atoms with E-state index in [0.717, 1.165) is 0 Å². The third-order valence-corrected chi connectivity index (χ3v) is 2.69. The molecular weight excluding hydrogens is 286 g/mol. The third kappa shape index (κ3) is 2.92. The Morgan fingerprint density at radius 2 is 2.05 bits per heavy atom. The number of hydrogen-bond acceptors (Lipinski definition) is 4. The number of anilines is 1. The molecule has 2 N–H and O–H groups in total. The maximum atomic E-state index is 11.8. The van der Waals surface area contributed by atoms with Crippen LogP contribution in [0.4, 0.5) is 5.69 Å². The van der Waals surface area contributed by atoms with Gasteiger partial charge in [0.2, 0.25) is 0 Å². The molecule has 0 unspecified atom stereocenters. The minimum absolute atomic E-state index is 0.00606. The average Bonchev–Trinajstić information content (AvgIpc) is 2.85. The number of rotatable bonds is 4. The van der Waals surface area contributed by atoms with E-state index in [-0.39, 0.29) is 22.3 Å². The molecule has 7 heteroatoms. The lowest BCUT2D eigenvalue weighted by Crippen LogP contribution is -2.11. The van der Waals surface area contributed by atoms with Crippen molar-refractivity contribution in [2.24, 2.45) is 0 Å². The largest absolute Gasteiger partial charge is 0.496 e. The first-order valence-electron chi connectivity index (χ1n) is 5.49. The Morgan fingerprint density at radius 1 is 1.30 bits per heavy atom. The molecule has 0 aliphatic carbocycles. The Labute approximate surface area is 118 Å². The van der Waals surface area contributed by atoms with Gasteiger partial charge in [0.25, 0.3) is 5.91 Å². The van der Waals surface area contributed by atoms with E-state index in [2.05, 4.69) is 5.32 Å². The summed E-state index contributed by atoms with van der Waals surface area (Å²) in [5.74, 6) is -1.41. The molecule has 2 aromatic rings. The van der Waals surface area contributed by atoms with Gasteiger partial charge in [-0.3, -0.25) is 4.79 Å². The number of ether oxygens (including phenoxy) is 1. The normalized spacial score (nSPS) is 10.1. The number of hydrogen-bond donors (Lipinski definition) is 2. The second-order valence-corrected chi connectivity index (χ2v) is 4.15. The number of nitrogens with one attached hydrogen (secondary N) is 1. The van der Waals surface area contributed by atoms with Gasteiger partial charge in [0.05, 0.1) is 7.11 Å². The van der Waals surface area contributed by atoms with Crippen molar-refractivity contribution < 1.29 is 23.8 Å². The number of carbonyl (C=O) groups excluding carboxylic acids is 1. The van der Waals surface area contributed by atoms with Gasteiger partial charge in [0.1, 0.15) is 11.3 Å². The number of amides is 1. The number of carboxylic acid groups (broad SMARTS) is 1. The second-order valence-electron chi connectivity index (χ2n) is 3.78. The van der Waals surface area contributed by atoms with Crippen molar-refractivity contribution in [3.05, 3.63) is 46.9 Å². The van der Waals surface area contributed by atoms with Crippen molar-refractivity contribution in [3.8, 4) is 5.75 Å². The molecule has 0 fully saturated rings. The molecule has 0 radical (unpaired) electrons. The van der Waals surface area contributed by atoms with Gasteiger partial charge in [-0.25, -0.2) is 4.79 Å². The molecule has 20 heavy (non-hydrogen) atoms. The molecule has 0 saturated heterocycles. The zero-order valence-electron chi connectivity index (χ0n) is 10.3. The van der Waals surface area contributed by atoms with E-state index < -0.39 is 11.9 Å². The number of methoxy groups -OCH3 is 1. The summed E-state index contributed by atoms with van der Waals surface area (Å²) in [5, 5.41) is 11.6. The Kier molecular flexibility index (Phi) is 3.95. The van der Waals surface area contributed by atoms with Gasteiger partial charge in [0.15, 0.2) is 11.0 Å². The summed E-state index contributed by atoms with van der Waals surface area (Å²) in [6, 6.07) is 7.08. The number of benzene rings is 1. The molecule has 0 saturated carbocycles. The van der Waals surface area contributed by atoms with Crippen molar-refractivity contribution in [1.29, 1.82) is 0 Å². The molecular formula is C13H10ClNO5. The Balaban J connectivity index is 2.22. The molecule has 0 aliphatic rings. The fourth-order valence-corrected chi connectivity index (χ4v) is 1.72. The monoisotopic (exact) mass is 295 g/mol. The van der Waals surface area contributed by atoms with Crippen LogP contribution in [0.2, 0.25) is 5.22 Å². The van der Waals surface area contributed by atoms with E-state index in [1.807, 2.05) is 0 Å². The zero-order chi connectivity index (χ0) is 14.7. The van der Waals surface area contributed by atoms with Crippen LogP contribution in [0.25, 0.3) is 0 Å². The molecule has 6 nitrogen and oxygen atoms in total. The third-order valence-electron chi connectivity index (χ3n) is 2.49. The van der Waals surface area contributed by atoms with Gasteiger partial charge in [-0.1, -0.05) is 0 Å². The van der Waals surface area contributed by atoms with Gasteiger partial charge in [-0.15, -0.1) is 0 Å². The van der Waals surface area contributed by atoms with E-state index in [1.165, 1.54) is 37.4 Å². The summed E-state index contributed by atoms with van der Waals surface area (Å²) in [4.78, 5) is 22.8. The SMILES string of the molecule is COc1cc(NC(=O)c2ccc(Cl)o2)ccc1C(=O)O. The van der Waals surface area contributed by atoms with Gasteiger partial charge in [0, 0.05) is 11.8 Å². The first-order chi connectivity index (χ1) is 9.51. The van der Waals surface area contributed by atoms with Gasteiger partial charge < -0.3 is 19.6 Å². The number of carbonyl (C=O) groups is 2. The van der Waals surface area contributed by atoms with Crippen molar-refractivity contribution in [2.45, 2.75) is 0 Å². The highest BCUT2D eigenvalue weighted by Gasteiger charge is 2.14. The highest BCUT2D eigenvalue weighted by Crippen LogP contribution is 2.24. The molecule has 1 aromatic carbocycles. The van der Waals surface area contributed by atoms with E-state index in [4.69, 9.17) is 25.9 Å². The lowest BCUT2D eigenvalue weighted by molar-refractivity contribution is 0.0693. The van der Waals surface area contributed by atoms with Crippen molar-refractivity contribution in [3.63, 3.8) is 0 Å². The summed E-state index contributed by atoms with van der Waals surface area (Å²) in [7, 11) is 1.35. The maximum absolute atomic E-state index is 11.8. The zero-order valence-corrected chi connectivity index (χ0v) is 11.1. The van der Waals surface area contributed by atoms with E-state index in [9.17, 15) is 9.59 Å². The van der Waals surface area contributed by atoms with Crippen LogP contribution in [0.3, 0.4) is 0 Å². The predicted molar refractivity (Wildman–Crippen MR) is 71.6 cm³/mol. The van der Waals surface area contributed by atoms with Crippen LogP contribution in [0.5, 0.6) is 5.75 Å². The number of halogens is 1. The van der Waals surface area contributed by atoms with E-state index in [0.29, 0.717) is 5.69 Å².